The molecule has 1 atom stereocenters. The topological polar surface area (TPSA) is 90.1 Å². The standard InChI is InChI=1S/C6H12N4O/c7-5(4-11)3-10-2-1-6(8)9-10/h1-2,5,11H,3-4,7H2,(H2,8,9)/t5-/m1/s1. The van der Waals surface area contributed by atoms with E-state index in [4.69, 9.17) is 16.6 Å². The van der Waals surface area contributed by atoms with E-state index in [0.717, 1.165) is 0 Å². The smallest absolute Gasteiger partial charge is 0.145 e. The lowest BCUT2D eigenvalue weighted by atomic mass is 10.3. The first kappa shape index (κ1) is 8.03. The molecule has 0 aliphatic heterocycles. The largest absolute Gasteiger partial charge is 0.395 e. The summed E-state index contributed by atoms with van der Waals surface area (Å²) >= 11 is 0. The molecule has 0 bridgehead atoms. The summed E-state index contributed by atoms with van der Waals surface area (Å²) < 4.78 is 1.61. The van der Waals surface area contributed by atoms with Crippen LogP contribution in [-0.2, 0) is 6.54 Å². The zero-order chi connectivity index (χ0) is 8.27. The molecule has 5 heteroatoms. The summed E-state index contributed by atoms with van der Waals surface area (Å²) in [4.78, 5) is 0. The molecule has 0 saturated heterocycles. The monoisotopic (exact) mass is 156 g/mol. The van der Waals surface area contributed by atoms with E-state index in [1.54, 1.807) is 16.9 Å². The van der Waals surface area contributed by atoms with Crippen LogP contribution in [-0.4, -0.2) is 27.5 Å². The Hall–Kier alpha value is -1.07. The first-order valence-electron chi connectivity index (χ1n) is 3.37. The van der Waals surface area contributed by atoms with Crippen molar-refractivity contribution in [3.8, 4) is 0 Å². The average Bonchev–Trinajstić information content (AvgIpc) is 2.35. The highest BCUT2D eigenvalue weighted by Gasteiger charge is 2.01. The minimum Gasteiger partial charge on any atom is -0.395 e. The summed E-state index contributed by atoms with van der Waals surface area (Å²) in [5.74, 6) is 0.468. The van der Waals surface area contributed by atoms with Gasteiger partial charge in [-0.15, -0.1) is 0 Å². The number of aliphatic hydroxyl groups is 1. The third-order valence-electron chi connectivity index (χ3n) is 1.32. The summed E-state index contributed by atoms with van der Waals surface area (Å²) in [5.41, 5.74) is 10.8. The van der Waals surface area contributed by atoms with Crippen LogP contribution in [0.3, 0.4) is 0 Å². The molecule has 5 N–H and O–H groups in total. The highest BCUT2D eigenvalue weighted by molar-refractivity contribution is 5.23. The van der Waals surface area contributed by atoms with Gasteiger partial charge in [0.1, 0.15) is 5.82 Å². The molecule has 0 fully saturated rings. The van der Waals surface area contributed by atoms with Crippen LogP contribution in [0.15, 0.2) is 12.3 Å². The van der Waals surface area contributed by atoms with Crippen LogP contribution in [0.1, 0.15) is 0 Å². The maximum absolute atomic E-state index is 8.61. The molecule has 0 saturated carbocycles. The van der Waals surface area contributed by atoms with Gasteiger partial charge < -0.3 is 16.6 Å². The first-order chi connectivity index (χ1) is 5.22. The van der Waals surface area contributed by atoms with Crippen LogP contribution in [0.4, 0.5) is 5.82 Å². The Morgan fingerprint density at radius 2 is 2.45 bits per heavy atom. The van der Waals surface area contributed by atoms with E-state index in [1.807, 2.05) is 0 Å². The fraction of sp³-hybridized carbons (Fsp3) is 0.500. The Labute approximate surface area is 64.6 Å². The van der Waals surface area contributed by atoms with Crippen LogP contribution in [0.25, 0.3) is 0 Å². The molecular weight excluding hydrogens is 144 g/mol. The van der Waals surface area contributed by atoms with Crippen LogP contribution in [0.5, 0.6) is 0 Å². The number of hydrogen-bond donors (Lipinski definition) is 3. The second-order valence-electron chi connectivity index (χ2n) is 2.41. The van der Waals surface area contributed by atoms with Gasteiger partial charge in [0.25, 0.3) is 0 Å². The number of rotatable bonds is 3. The molecule has 5 nitrogen and oxygen atoms in total. The van der Waals surface area contributed by atoms with Gasteiger partial charge in [0.15, 0.2) is 0 Å². The number of aromatic nitrogens is 2. The Bertz CT molecular complexity index is 222. The highest BCUT2D eigenvalue weighted by atomic mass is 16.3. The van der Waals surface area contributed by atoms with E-state index in [9.17, 15) is 0 Å². The molecule has 0 radical (unpaired) electrons. The Morgan fingerprint density at radius 3 is 2.91 bits per heavy atom. The molecule has 62 valence electrons. The fourth-order valence-electron chi connectivity index (χ4n) is 0.777. The van der Waals surface area contributed by atoms with Gasteiger partial charge in [-0.05, 0) is 6.07 Å². The highest BCUT2D eigenvalue weighted by Crippen LogP contribution is 1.95. The van der Waals surface area contributed by atoms with E-state index in [-0.39, 0.29) is 12.6 Å². The Balaban J connectivity index is 2.50. The SMILES string of the molecule is Nc1ccn(C[C@@H](N)CO)n1. The lowest BCUT2D eigenvalue weighted by molar-refractivity contribution is 0.251. The maximum Gasteiger partial charge on any atom is 0.145 e. The molecular formula is C6H12N4O. The van der Waals surface area contributed by atoms with E-state index < -0.39 is 0 Å². The summed E-state index contributed by atoms with van der Waals surface area (Å²) in [6, 6.07) is 1.42. The van der Waals surface area contributed by atoms with Gasteiger partial charge in [0, 0.05) is 12.2 Å². The molecule has 0 aliphatic carbocycles. The minimum absolute atomic E-state index is 0.0419. The predicted octanol–water partition coefficient (Wildman–Crippen LogP) is -1.22. The molecule has 0 aromatic carbocycles. The van der Waals surface area contributed by atoms with Crippen molar-refractivity contribution in [2.24, 2.45) is 5.73 Å². The molecule has 0 aliphatic rings. The van der Waals surface area contributed by atoms with Crippen molar-refractivity contribution >= 4 is 5.82 Å². The summed E-state index contributed by atoms with van der Waals surface area (Å²) in [5, 5.41) is 12.5. The van der Waals surface area contributed by atoms with Gasteiger partial charge in [0.2, 0.25) is 0 Å². The molecule has 1 aromatic rings. The number of nitrogens with zero attached hydrogens (tertiary/aromatic N) is 2. The summed E-state index contributed by atoms with van der Waals surface area (Å²) in [7, 11) is 0. The van der Waals surface area contributed by atoms with Crippen LogP contribution < -0.4 is 11.5 Å². The quantitative estimate of drug-likeness (QED) is 0.512. The zero-order valence-corrected chi connectivity index (χ0v) is 6.14. The van der Waals surface area contributed by atoms with Gasteiger partial charge in [0.05, 0.1) is 13.2 Å². The molecule has 0 unspecified atom stereocenters. The average molecular weight is 156 g/mol. The van der Waals surface area contributed by atoms with Crippen molar-refractivity contribution < 1.29 is 5.11 Å². The van der Waals surface area contributed by atoms with Gasteiger partial charge in [-0.3, -0.25) is 4.68 Å². The second-order valence-corrected chi connectivity index (χ2v) is 2.41. The van der Waals surface area contributed by atoms with Crippen molar-refractivity contribution in [1.29, 1.82) is 0 Å². The third kappa shape index (κ3) is 2.21. The normalized spacial score (nSPS) is 13.3. The maximum atomic E-state index is 8.61. The van der Waals surface area contributed by atoms with Crippen LogP contribution in [0, 0.1) is 0 Å². The van der Waals surface area contributed by atoms with Crippen molar-refractivity contribution in [1.82, 2.24) is 9.78 Å². The molecule has 0 spiro atoms. The second kappa shape index (κ2) is 3.36. The van der Waals surface area contributed by atoms with Gasteiger partial charge in [-0.25, -0.2) is 0 Å². The van der Waals surface area contributed by atoms with Gasteiger partial charge in [-0.2, -0.15) is 5.10 Å². The van der Waals surface area contributed by atoms with Crippen molar-refractivity contribution in [2.75, 3.05) is 12.3 Å². The zero-order valence-electron chi connectivity index (χ0n) is 6.14. The molecule has 11 heavy (non-hydrogen) atoms. The third-order valence-corrected chi connectivity index (χ3v) is 1.32. The first-order valence-corrected chi connectivity index (χ1v) is 3.37. The minimum atomic E-state index is -0.269. The van der Waals surface area contributed by atoms with E-state index in [1.165, 1.54) is 0 Å². The van der Waals surface area contributed by atoms with E-state index in [0.29, 0.717) is 12.4 Å². The van der Waals surface area contributed by atoms with Crippen molar-refractivity contribution in [3.05, 3.63) is 12.3 Å². The number of nitrogens with two attached hydrogens (primary N) is 2. The van der Waals surface area contributed by atoms with Crippen molar-refractivity contribution in [2.45, 2.75) is 12.6 Å². The van der Waals surface area contributed by atoms with Crippen LogP contribution in [0.2, 0.25) is 0 Å². The Kier molecular flexibility index (Phi) is 2.45. The fourth-order valence-corrected chi connectivity index (χ4v) is 0.777. The number of anilines is 1. The predicted molar refractivity (Wildman–Crippen MR) is 41.7 cm³/mol. The van der Waals surface area contributed by atoms with Crippen LogP contribution >= 0.6 is 0 Å². The number of nitrogen functional groups attached to an aromatic ring is 1. The van der Waals surface area contributed by atoms with Gasteiger partial charge in [-0.1, -0.05) is 0 Å². The molecule has 1 rings (SSSR count). The lowest BCUT2D eigenvalue weighted by Crippen LogP contribution is -2.30. The van der Waals surface area contributed by atoms with E-state index in [2.05, 4.69) is 5.10 Å². The number of aliphatic hydroxyl groups excluding tert-OH is 1. The molecule has 1 aromatic heterocycles. The van der Waals surface area contributed by atoms with Crippen molar-refractivity contribution in [3.63, 3.8) is 0 Å². The Morgan fingerprint density at radius 1 is 1.73 bits per heavy atom. The van der Waals surface area contributed by atoms with E-state index >= 15 is 0 Å². The summed E-state index contributed by atoms with van der Waals surface area (Å²) in [6.45, 7) is 0.452. The molecule has 1 heterocycles. The number of hydrogen-bond acceptors (Lipinski definition) is 4. The lowest BCUT2D eigenvalue weighted by Gasteiger charge is -2.06. The van der Waals surface area contributed by atoms with Gasteiger partial charge >= 0.3 is 0 Å². The molecule has 0 amide bonds. The summed E-state index contributed by atoms with van der Waals surface area (Å²) in [6.07, 6.45) is 1.73.